The quantitative estimate of drug-likeness (QED) is 0.548. The maximum absolute atomic E-state index is 10.8. The zero-order chi connectivity index (χ0) is 8.27. The van der Waals surface area contributed by atoms with Crippen LogP contribution in [0.25, 0.3) is 0 Å². The number of nitrogens with zero attached hydrogens (tertiary/aromatic N) is 1. The molecule has 0 spiro atoms. The van der Waals surface area contributed by atoms with Gasteiger partial charge >= 0.3 is 0 Å². The van der Waals surface area contributed by atoms with Crippen molar-refractivity contribution in [1.82, 2.24) is 0 Å². The van der Waals surface area contributed by atoms with Crippen LogP contribution in [0, 0.1) is 0 Å². The number of Topliss-reactive ketones (excluding diaryl/α,β-unsaturated/α-hetero) is 1. The first kappa shape index (κ1) is 8.44. The molecule has 1 heterocycles. The van der Waals surface area contributed by atoms with Crippen LogP contribution in [0.4, 0.5) is 0 Å². The Labute approximate surface area is 67.9 Å². The van der Waals surface area contributed by atoms with Gasteiger partial charge < -0.3 is 0 Å². The van der Waals surface area contributed by atoms with Crippen molar-refractivity contribution in [2.45, 2.75) is 33.1 Å². The van der Waals surface area contributed by atoms with Gasteiger partial charge in [-0.25, -0.2) is 4.58 Å². The van der Waals surface area contributed by atoms with Crippen LogP contribution in [-0.4, -0.2) is 29.2 Å². The molecule has 1 saturated heterocycles. The summed E-state index contributed by atoms with van der Waals surface area (Å²) in [6.45, 7) is 6.02. The minimum atomic E-state index is 0.273. The van der Waals surface area contributed by atoms with E-state index in [-0.39, 0.29) is 5.78 Å². The minimum absolute atomic E-state index is 0.273. The van der Waals surface area contributed by atoms with Crippen molar-refractivity contribution >= 4 is 11.5 Å². The molecule has 2 nitrogen and oxygen atoms in total. The lowest BCUT2D eigenvalue weighted by atomic mass is 10.2. The Morgan fingerprint density at radius 2 is 1.82 bits per heavy atom. The monoisotopic (exact) mass is 154 g/mol. The normalized spacial score (nSPS) is 17.1. The highest BCUT2D eigenvalue weighted by Gasteiger charge is 2.16. The van der Waals surface area contributed by atoms with E-state index >= 15 is 0 Å². The SMILES string of the molecule is CC(=O)CC(C)=[N+]1CCCC1. The Bertz CT molecular complexity index is 186. The summed E-state index contributed by atoms with van der Waals surface area (Å²) >= 11 is 0. The third-order valence-electron chi connectivity index (χ3n) is 2.15. The number of hydrogen-bond acceptors (Lipinski definition) is 1. The summed E-state index contributed by atoms with van der Waals surface area (Å²) in [7, 11) is 0. The van der Waals surface area contributed by atoms with Crippen LogP contribution in [0.5, 0.6) is 0 Å². The molecule has 0 aliphatic carbocycles. The van der Waals surface area contributed by atoms with Crippen LogP contribution in [0.1, 0.15) is 33.1 Å². The Kier molecular flexibility index (Phi) is 2.80. The summed E-state index contributed by atoms with van der Waals surface area (Å²) in [5, 5.41) is 0. The Morgan fingerprint density at radius 3 is 2.27 bits per heavy atom. The number of ketones is 1. The molecule has 0 N–H and O–H groups in total. The van der Waals surface area contributed by atoms with Crippen LogP contribution >= 0.6 is 0 Å². The number of carbonyl (C=O) groups is 1. The van der Waals surface area contributed by atoms with Gasteiger partial charge in [-0.15, -0.1) is 0 Å². The average Bonchev–Trinajstić information content (AvgIpc) is 2.35. The van der Waals surface area contributed by atoms with Gasteiger partial charge in [0.15, 0.2) is 5.71 Å². The molecule has 0 atom stereocenters. The van der Waals surface area contributed by atoms with Gasteiger partial charge in [-0.2, -0.15) is 0 Å². The molecular formula is C9H16NO+. The van der Waals surface area contributed by atoms with Crippen LogP contribution in [-0.2, 0) is 4.79 Å². The lowest BCUT2D eigenvalue weighted by Crippen LogP contribution is -2.17. The van der Waals surface area contributed by atoms with Crippen molar-refractivity contribution < 1.29 is 9.37 Å². The van der Waals surface area contributed by atoms with Crippen LogP contribution in [0.2, 0.25) is 0 Å². The molecule has 1 aliphatic rings. The van der Waals surface area contributed by atoms with Gasteiger partial charge in [-0.1, -0.05) is 0 Å². The van der Waals surface area contributed by atoms with E-state index in [1.807, 2.05) is 0 Å². The van der Waals surface area contributed by atoms with E-state index < -0.39 is 0 Å². The second-order valence-corrected chi connectivity index (χ2v) is 3.31. The van der Waals surface area contributed by atoms with Crippen LogP contribution in [0.15, 0.2) is 0 Å². The number of hydrogen-bond donors (Lipinski definition) is 0. The Morgan fingerprint density at radius 1 is 1.27 bits per heavy atom. The standard InChI is InChI=1S/C9H16NO/c1-8(7-9(2)11)10-5-3-4-6-10/h3-7H2,1-2H3/q+1. The molecule has 0 amide bonds. The maximum atomic E-state index is 10.8. The second-order valence-electron chi connectivity index (χ2n) is 3.31. The van der Waals surface area contributed by atoms with Gasteiger partial charge in [0.1, 0.15) is 18.9 Å². The molecule has 1 aliphatic heterocycles. The molecule has 0 unspecified atom stereocenters. The summed E-state index contributed by atoms with van der Waals surface area (Å²) in [6.07, 6.45) is 3.21. The van der Waals surface area contributed by atoms with Crippen LogP contribution < -0.4 is 0 Å². The van der Waals surface area contributed by atoms with Crippen molar-refractivity contribution in [3.8, 4) is 0 Å². The topological polar surface area (TPSA) is 20.1 Å². The molecule has 0 aromatic rings. The molecular weight excluding hydrogens is 138 g/mol. The molecule has 62 valence electrons. The third kappa shape index (κ3) is 2.45. The molecule has 0 saturated carbocycles. The predicted molar refractivity (Wildman–Crippen MR) is 45.2 cm³/mol. The van der Waals surface area contributed by atoms with E-state index in [1.54, 1.807) is 6.92 Å². The fourth-order valence-corrected chi connectivity index (χ4v) is 1.57. The van der Waals surface area contributed by atoms with Crippen molar-refractivity contribution in [1.29, 1.82) is 0 Å². The summed E-state index contributed by atoms with van der Waals surface area (Å²) in [4.78, 5) is 10.8. The molecule has 0 bridgehead atoms. The van der Waals surface area contributed by atoms with E-state index in [2.05, 4.69) is 11.5 Å². The van der Waals surface area contributed by atoms with E-state index in [0.717, 1.165) is 13.1 Å². The highest BCUT2D eigenvalue weighted by atomic mass is 16.1. The first-order valence-electron chi connectivity index (χ1n) is 4.27. The van der Waals surface area contributed by atoms with Crippen LogP contribution in [0.3, 0.4) is 0 Å². The number of rotatable bonds is 2. The van der Waals surface area contributed by atoms with Gasteiger partial charge in [0, 0.05) is 19.8 Å². The first-order valence-corrected chi connectivity index (χ1v) is 4.27. The lowest BCUT2D eigenvalue weighted by Gasteiger charge is -1.96. The van der Waals surface area contributed by atoms with Gasteiger partial charge in [-0.05, 0) is 6.92 Å². The summed E-state index contributed by atoms with van der Waals surface area (Å²) < 4.78 is 2.32. The van der Waals surface area contributed by atoms with E-state index in [0.29, 0.717) is 6.42 Å². The van der Waals surface area contributed by atoms with Crippen molar-refractivity contribution in [2.24, 2.45) is 0 Å². The average molecular weight is 154 g/mol. The fraction of sp³-hybridized carbons (Fsp3) is 0.778. The molecule has 0 aromatic heterocycles. The molecule has 1 rings (SSSR count). The van der Waals surface area contributed by atoms with Crippen molar-refractivity contribution in [3.63, 3.8) is 0 Å². The molecule has 0 aromatic carbocycles. The smallest absolute Gasteiger partial charge is 0.156 e. The summed E-state index contributed by atoms with van der Waals surface area (Å²) in [6, 6.07) is 0. The Hall–Kier alpha value is -0.660. The molecule has 0 radical (unpaired) electrons. The van der Waals surface area contributed by atoms with E-state index in [1.165, 1.54) is 18.6 Å². The van der Waals surface area contributed by atoms with Gasteiger partial charge in [0.05, 0.1) is 6.42 Å². The van der Waals surface area contributed by atoms with Gasteiger partial charge in [-0.3, -0.25) is 4.79 Å². The predicted octanol–water partition coefficient (Wildman–Crippen LogP) is 1.23. The summed E-state index contributed by atoms with van der Waals surface area (Å²) in [5.41, 5.74) is 1.25. The lowest BCUT2D eigenvalue weighted by molar-refractivity contribution is -0.507. The largest absolute Gasteiger partial charge is 0.299 e. The third-order valence-corrected chi connectivity index (χ3v) is 2.15. The maximum Gasteiger partial charge on any atom is 0.156 e. The minimum Gasteiger partial charge on any atom is -0.299 e. The van der Waals surface area contributed by atoms with Crippen molar-refractivity contribution in [2.75, 3.05) is 13.1 Å². The summed E-state index contributed by atoms with van der Waals surface area (Å²) in [5.74, 6) is 0.273. The highest BCUT2D eigenvalue weighted by Crippen LogP contribution is 2.03. The zero-order valence-electron chi connectivity index (χ0n) is 7.39. The molecule has 1 fully saturated rings. The molecule has 11 heavy (non-hydrogen) atoms. The van der Waals surface area contributed by atoms with Crippen molar-refractivity contribution in [3.05, 3.63) is 0 Å². The zero-order valence-corrected chi connectivity index (χ0v) is 7.39. The van der Waals surface area contributed by atoms with E-state index in [9.17, 15) is 4.79 Å². The number of carbonyl (C=O) groups excluding carboxylic acids is 1. The first-order chi connectivity index (χ1) is 5.20. The highest BCUT2D eigenvalue weighted by molar-refractivity contribution is 5.97. The van der Waals surface area contributed by atoms with Gasteiger partial charge in [0.25, 0.3) is 0 Å². The fourth-order valence-electron chi connectivity index (χ4n) is 1.57. The Balaban J connectivity index is 2.55. The second kappa shape index (κ2) is 3.65. The molecule has 2 heteroatoms. The van der Waals surface area contributed by atoms with E-state index in [4.69, 9.17) is 0 Å². The van der Waals surface area contributed by atoms with Gasteiger partial charge in [0.2, 0.25) is 0 Å².